The van der Waals surface area contributed by atoms with Crippen LogP contribution in [0.1, 0.15) is 79.0 Å². The zero-order valence-electron chi connectivity index (χ0n) is 24.5. The molecule has 0 saturated carbocycles. The highest BCUT2D eigenvalue weighted by atomic mass is 16.5. The molecule has 40 heavy (non-hydrogen) atoms. The molecule has 0 amide bonds. The standard InChI is InChI=1S/C36H46O4/c1-5-20-38-21-10-9-11-28-15-17-29(18-16-28)22-32-23-31(19-14-27(32)2)34-24-33(25-35(40-34)36(3,4)37)39-26-30-12-7-6-8-13-30/h5-8,12-19,23,33-35,37H,1,9-11,20-22,24-26H2,2-4H3/t33-,34-,35?/m1/s1. The molecule has 3 aromatic carbocycles. The molecule has 1 aliphatic rings. The number of ether oxygens (including phenoxy) is 3. The Bertz CT molecular complexity index is 1180. The second kappa shape index (κ2) is 14.7. The first kappa shape index (κ1) is 30.2. The monoisotopic (exact) mass is 542 g/mol. The Labute approximate surface area is 241 Å². The average molecular weight is 543 g/mol. The van der Waals surface area contributed by atoms with Crippen LogP contribution in [0.15, 0.2) is 85.5 Å². The van der Waals surface area contributed by atoms with Crippen molar-refractivity contribution in [1.29, 1.82) is 0 Å². The first-order valence-electron chi connectivity index (χ1n) is 14.7. The van der Waals surface area contributed by atoms with E-state index in [1.54, 1.807) is 6.08 Å². The predicted molar refractivity (Wildman–Crippen MR) is 163 cm³/mol. The Balaban J connectivity index is 1.40. The van der Waals surface area contributed by atoms with Crippen LogP contribution in [-0.4, -0.2) is 36.1 Å². The molecule has 3 atom stereocenters. The lowest BCUT2D eigenvalue weighted by atomic mass is 9.88. The Kier molecular flexibility index (Phi) is 11.1. The Morgan fingerprint density at radius 2 is 1.70 bits per heavy atom. The molecule has 214 valence electrons. The van der Waals surface area contributed by atoms with Gasteiger partial charge in [-0.1, -0.05) is 78.9 Å². The minimum atomic E-state index is -0.944. The summed E-state index contributed by atoms with van der Waals surface area (Å²) in [4.78, 5) is 0. The van der Waals surface area contributed by atoms with Crippen LogP contribution in [0.4, 0.5) is 0 Å². The van der Waals surface area contributed by atoms with E-state index in [1.807, 2.05) is 32.0 Å². The van der Waals surface area contributed by atoms with E-state index in [4.69, 9.17) is 14.2 Å². The molecule has 4 nitrogen and oxygen atoms in total. The van der Waals surface area contributed by atoms with Crippen molar-refractivity contribution in [3.05, 3.63) is 119 Å². The number of aliphatic hydroxyl groups is 1. The molecular formula is C36H46O4. The first-order valence-corrected chi connectivity index (χ1v) is 14.7. The van der Waals surface area contributed by atoms with Gasteiger partial charge in [-0.3, -0.25) is 0 Å². The molecule has 1 unspecified atom stereocenters. The highest BCUT2D eigenvalue weighted by molar-refractivity contribution is 5.37. The fraction of sp³-hybridized carbons (Fsp3) is 0.444. The molecule has 1 heterocycles. The van der Waals surface area contributed by atoms with E-state index in [0.717, 1.165) is 49.8 Å². The molecule has 1 saturated heterocycles. The molecule has 0 radical (unpaired) electrons. The van der Waals surface area contributed by atoms with Gasteiger partial charge in [-0.25, -0.2) is 0 Å². The first-order chi connectivity index (χ1) is 19.3. The van der Waals surface area contributed by atoms with Crippen LogP contribution >= 0.6 is 0 Å². The van der Waals surface area contributed by atoms with Gasteiger partial charge in [0.2, 0.25) is 0 Å². The van der Waals surface area contributed by atoms with Gasteiger partial charge >= 0.3 is 0 Å². The van der Waals surface area contributed by atoms with Crippen molar-refractivity contribution >= 4 is 0 Å². The van der Waals surface area contributed by atoms with E-state index in [2.05, 4.69) is 68.1 Å². The molecule has 1 N–H and O–H groups in total. The van der Waals surface area contributed by atoms with Crippen molar-refractivity contribution in [2.45, 2.75) is 89.8 Å². The third kappa shape index (κ3) is 9.14. The molecule has 4 rings (SSSR count). The fourth-order valence-electron chi connectivity index (χ4n) is 5.30. The van der Waals surface area contributed by atoms with Gasteiger partial charge in [0.15, 0.2) is 0 Å². The molecule has 0 bridgehead atoms. The highest BCUT2D eigenvalue weighted by Gasteiger charge is 2.38. The van der Waals surface area contributed by atoms with E-state index in [1.165, 1.54) is 22.3 Å². The largest absolute Gasteiger partial charge is 0.388 e. The summed E-state index contributed by atoms with van der Waals surface area (Å²) in [6.45, 7) is 11.5. The lowest BCUT2D eigenvalue weighted by molar-refractivity contribution is -0.179. The summed E-state index contributed by atoms with van der Waals surface area (Å²) in [7, 11) is 0. The fourth-order valence-corrected chi connectivity index (χ4v) is 5.30. The predicted octanol–water partition coefficient (Wildman–Crippen LogP) is 7.69. The van der Waals surface area contributed by atoms with Crippen LogP contribution in [0.2, 0.25) is 0 Å². The quantitative estimate of drug-likeness (QED) is 0.168. The SMILES string of the molecule is C=CCOCCCCc1ccc(Cc2cc([C@H]3C[C@@H](OCc4ccccc4)CC(C(C)(C)O)O3)ccc2C)cc1. The molecule has 1 aliphatic heterocycles. The highest BCUT2D eigenvalue weighted by Crippen LogP contribution is 2.37. The molecular weight excluding hydrogens is 496 g/mol. The van der Waals surface area contributed by atoms with Gasteiger partial charge < -0.3 is 19.3 Å². The van der Waals surface area contributed by atoms with Crippen molar-refractivity contribution in [2.75, 3.05) is 13.2 Å². The lowest BCUT2D eigenvalue weighted by Gasteiger charge is -2.41. The number of hydrogen-bond donors (Lipinski definition) is 1. The third-order valence-electron chi connectivity index (χ3n) is 7.80. The summed E-state index contributed by atoms with van der Waals surface area (Å²) < 4.78 is 18.3. The topological polar surface area (TPSA) is 47.9 Å². The van der Waals surface area contributed by atoms with Gasteiger partial charge in [0.25, 0.3) is 0 Å². The minimum absolute atomic E-state index is 0.0150. The third-order valence-corrected chi connectivity index (χ3v) is 7.80. The molecule has 0 aromatic heterocycles. The van der Waals surface area contributed by atoms with Crippen LogP contribution < -0.4 is 0 Å². The second-order valence-corrected chi connectivity index (χ2v) is 11.7. The summed E-state index contributed by atoms with van der Waals surface area (Å²) in [5, 5.41) is 10.8. The number of benzene rings is 3. The number of rotatable bonds is 14. The summed E-state index contributed by atoms with van der Waals surface area (Å²) in [6.07, 6.45) is 6.99. The van der Waals surface area contributed by atoms with Gasteiger partial charge in [-0.15, -0.1) is 6.58 Å². The molecule has 0 spiro atoms. The van der Waals surface area contributed by atoms with Gasteiger partial charge in [0.05, 0.1) is 37.1 Å². The molecule has 0 aliphatic carbocycles. The van der Waals surface area contributed by atoms with Crippen LogP contribution in [-0.2, 0) is 33.7 Å². The zero-order valence-corrected chi connectivity index (χ0v) is 24.5. The van der Waals surface area contributed by atoms with Gasteiger partial charge in [0, 0.05) is 19.4 Å². The maximum absolute atomic E-state index is 10.8. The van der Waals surface area contributed by atoms with Gasteiger partial charge in [0.1, 0.15) is 0 Å². The van der Waals surface area contributed by atoms with E-state index in [0.29, 0.717) is 19.6 Å². The number of aryl methyl sites for hydroxylation is 2. The molecule has 3 aromatic rings. The number of unbranched alkanes of at least 4 members (excludes halogenated alkanes) is 1. The maximum atomic E-state index is 10.8. The van der Waals surface area contributed by atoms with Crippen LogP contribution in [0.5, 0.6) is 0 Å². The maximum Gasteiger partial charge on any atom is 0.0889 e. The van der Waals surface area contributed by atoms with Crippen molar-refractivity contribution < 1.29 is 19.3 Å². The van der Waals surface area contributed by atoms with E-state index < -0.39 is 5.60 Å². The Morgan fingerprint density at radius 1 is 0.950 bits per heavy atom. The van der Waals surface area contributed by atoms with E-state index in [9.17, 15) is 5.11 Å². The normalized spacial score (nSPS) is 19.4. The van der Waals surface area contributed by atoms with E-state index in [-0.39, 0.29) is 18.3 Å². The Morgan fingerprint density at radius 3 is 2.42 bits per heavy atom. The smallest absolute Gasteiger partial charge is 0.0889 e. The van der Waals surface area contributed by atoms with E-state index >= 15 is 0 Å². The second-order valence-electron chi connectivity index (χ2n) is 11.7. The summed E-state index contributed by atoms with van der Waals surface area (Å²) >= 11 is 0. The average Bonchev–Trinajstić information content (AvgIpc) is 2.96. The summed E-state index contributed by atoms with van der Waals surface area (Å²) in [5.74, 6) is 0. The lowest BCUT2D eigenvalue weighted by Crippen LogP contribution is -2.45. The van der Waals surface area contributed by atoms with Crippen LogP contribution in [0, 0.1) is 6.92 Å². The molecule has 4 heteroatoms. The summed E-state index contributed by atoms with van der Waals surface area (Å²) in [6, 6.07) is 25.9. The van der Waals surface area contributed by atoms with Crippen LogP contribution in [0.3, 0.4) is 0 Å². The van der Waals surface area contributed by atoms with Gasteiger partial charge in [-0.2, -0.15) is 0 Å². The zero-order chi connectivity index (χ0) is 28.4. The van der Waals surface area contributed by atoms with Crippen molar-refractivity contribution in [2.24, 2.45) is 0 Å². The minimum Gasteiger partial charge on any atom is -0.388 e. The molecule has 1 fully saturated rings. The summed E-state index contributed by atoms with van der Waals surface area (Å²) in [5.41, 5.74) is 6.62. The van der Waals surface area contributed by atoms with Crippen LogP contribution in [0.25, 0.3) is 0 Å². The van der Waals surface area contributed by atoms with Crippen molar-refractivity contribution in [3.8, 4) is 0 Å². The van der Waals surface area contributed by atoms with Gasteiger partial charge in [-0.05, 0) is 79.8 Å². The van der Waals surface area contributed by atoms with Crippen molar-refractivity contribution in [3.63, 3.8) is 0 Å². The number of hydrogen-bond acceptors (Lipinski definition) is 4. The van der Waals surface area contributed by atoms with Crippen molar-refractivity contribution in [1.82, 2.24) is 0 Å². The Hall–Kier alpha value is -2.76.